The molecular weight excluding hydrogens is 304 g/mol. The zero-order valence-electron chi connectivity index (χ0n) is 9.18. The maximum atomic E-state index is 11.7. The van der Waals surface area contributed by atoms with E-state index in [2.05, 4.69) is 15.9 Å². The van der Waals surface area contributed by atoms with Crippen LogP contribution in [0, 0.1) is 0 Å². The Labute approximate surface area is 111 Å². The van der Waals surface area contributed by atoms with Gasteiger partial charge in [0, 0.05) is 23.0 Å². The van der Waals surface area contributed by atoms with E-state index in [1.54, 1.807) is 0 Å². The fraction of sp³-hybridized carbons (Fsp3) is 0.182. The third kappa shape index (κ3) is 2.35. The molecule has 0 radical (unpaired) electrons. The Morgan fingerprint density at radius 2 is 1.89 bits per heavy atom. The van der Waals surface area contributed by atoms with Crippen molar-refractivity contribution in [2.45, 2.75) is 12.8 Å². The fourth-order valence-corrected chi connectivity index (χ4v) is 1.83. The second kappa shape index (κ2) is 4.77. The zero-order chi connectivity index (χ0) is 13.3. The second-order valence-electron chi connectivity index (χ2n) is 3.70. The summed E-state index contributed by atoms with van der Waals surface area (Å²) in [5, 5.41) is 0.507. The molecule has 0 aliphatic carbocycles. The van der Waals surface area contributed by atoms with E-state index in [1.165, 1.54) is 18.2 Å². The third-order valence-electron chi connectivity index (χ3n) is 2.42. The average Bonchev–Trinajstić information content (AvgIpc) is 2.64. The first-order valence-electron chi connectivity index (χ1n) is 5.12. The van der Waals surface area contributed by atoms with Gasteiger partial charge in [-0.2, -0.15) is 0 Å². The Bertz CT molecular complexity index is 528. The number of rotatable bonds is 2. The molecule has 0 unspecified atom stereocenters. The van der Waals surface area contributed by atoms with Gasteiger partial charge in [-0.3, -0.25) is 9.59 Å². The highest BCUT2D eigenvalue weighted by molar-refractivity contribution is 9.10. The number of carbonyl (C=O) groups is 3. The molecule has 0 bridgehead atoms. The SMILES string of the molecule is Nc1ccc(C(=O)ON2C(=O)CCC2=O)cc1Br. The van der Waals surface area contributed by atoms with Crippen LogP contribution in [0.3, 0.4) is 0 Å². The molecule has 1 aliphatic heterocycles. The number of anilines is 1. The summed E-state index contributed by atoms with van der Waals surface area (Å²) in [6, 6.07) is 4.43. The van der Waals surface area contributed by atoms with Crippen molar-refractivity contribution >= 4 is 39.4 Å². The Balaban J connectivity index is 2.14. The molecule has 0 atom stereocenters. The smallest absolute Gasteiger partial charge is 0.363 e. The van der Waals surface area contributed by atoms with E-state index in [0.29, 0.717) is 15.2 Å². The molecule has 1 fully saturated rings. The third-order valence-corrected chi connectivity index (χ3v) is 3.10. The number of amides is 2. The number of imide groups is 1. The molecule has 2 amide bonds. The molecule has 0 aromatic heterocycles. The van der Waals surface area contributed by atoms with Crippen LogP contribution in [-0.4, -0.2) is 22.8 Å². The van der Waals surface area contributed by atoms with E-state index in [1.807, 2.05) is 0 Å². The second-order valence-corrected chi connectivity index (χ2v) is 4.55. The van der Waals surface area contributed by atoms with Crippen LogP contribution in [0.5, 0.6) is 0 Å². The number of nitrogens with two attached hydrogens (primary N) is 1. The highest BCUT2D eigenvalue weighted by atomic mass is 79.9. The molecule has 6 nitrogen and oxygen atoms in total. The maximum Gasteiger partial charge on any atom is 0.363 e. The molecule has 1 aromatic carbocycles. The van der Waals surface area contributed by atoms with Crippen LogP contribution in [0.15, 0.2) is 22.7 Å². The van der Waals surface area contributed by atoms with Crippen molar-refractivity contribution < 1.29 is 19.2 Å². The molecule has 18 heavy (non-hydrogen) atoms. The summed E-state index contributed by atoms with van der Waals surface area (Å²) in [6.07, 6.45) is 0.134. The average molecular weight is 313 g/mol. The van der Waals surface area contributed by atoms with Crippen molar-refractivity contribution in [1.82, 2.24) is 5.06 Å². The fourth-order valence-electron chi connectivity index (χ4n) is 1.45. The van der Waals surface area contributed by atoms with E-state index >= 15 is 0 Å². The molecule has 0 spiro atoms. The van der Waals surface area contributed by atoms with Gasteiger partial charge in [-0.25, -0.2) is 4.79 Å². The molecule has 1 aliphatic rings. The lowest BCUT2D eigenvalue weighted by Crippen LogP contribution is -2.32. The quantitative estimate of drug-likeness (QED) is 0.655. The number of hydrogen-bond donors (Lipinski definition) is 1. The van der Waals surface area contributed by atoms with Gasteiger partial charge >= 0.3 is 5.97 Å². The maximum absolute atomic E-state index is 11.7. The molecule has 1 heterocycles. The molecule has 1 aromatic rings. The van der Waals surface area contributed by atoms with Crippen LogP contribution < -0.4 is 5.73 Å². The number of halogens is 1. The van der Waals surface area contributed by atoms with E-state index in [0.717, 1.165) is 0 Å². The van der Waals surface area contributed by atoms with Crippen LogP contribution >= 0.6 is 15.9 Å². The first-order valence-corrected chi connectivity index (χ1v) is 5.91. The van der Waals surface area contributed by atoms with Crippen molar-refractivity contribution in [3.63, 3.8) is 0 Å². The van der Waals surface area contributed by atoms with Crippen LogP contribution in [0.4, 0.5) is 5.69 Å². The van der Waals surface area contributed by atoms with Crippen molar-refractivity contribution in [2.75, 3.05) is 5.73 Å². The van der Waals surface area contributed by atoms with E-state index in [-0.39, 0.29) is 18.4 Å². The van der Waals surface area contributed by atoms with Gasteiger partial charge in [0.2, 0.25) is 0 Å². The molecule has 2 rings (SSSR count). The van der Waals surface area contributed by atoms with Gasteiger partial charge < -0.3 is 10.6 Å². The molecule has 1 saturated heterocycles. The van der Waals surface area contributed by atoms with Gasteiger partial charge in [-0.15, -0.1) is 5.06 Å². The summed E-state index contributed by atoms with van der Waals surface area (Å²) in [5.74, 6) is -1.80. The molecule has 2 N–H and O–H groups in total. The summed E-state index contributed by atoms with van der Waals surface area (Å²) < 4.78 is 0.538. The largest absolute Gasteiger partial charge is 0.398 e. The minimum Gasteiger partial charge on any atom is -0.398 e. The monoisotopic (exact) mass is 312 g/mol. The Morgan fingerprint density at radius 1 is 1.28 bits per heavy atom. The minimum absolute atomic E-state index is 0.0670. The molecule has 0 saturated carbocycles. The Morgan fingerprint density at radius 3 is 2.44 bits per heavy atom. The molecular formula is C11H9BrN2O4. The van der Waals surface area contributed by atoms with E-state index in [9.17, 15) is 14.4 Å². The normalized spacial score (nSPS) is 15.1. The highest BCUT2D eigenvalue weighted by Crippen LogP contribution is 2.21. The van der Waals surface area contributed by atoms with Crippen molar-refractivity contribution in [1.29, 1.82) is 0 Å². The van der Waals surface area contributed by atoms with E-state index in [4.69, 9.17) is 10.6 Å². The van der Waals surface area contributed by atoms with Gasteiger partial charge in [0.1, 0.15) is 0 Å². The number of hydroxylamine groups is 2. The lowest BCUT2D eigenvalue weighted by molar-refractivity contribution is -0.172. The topological polar surface area (TPSA) is 89.7 Å². The number of nitrogens with zero attached hydrogens (tertiary/aromatic N) is 1. The summed E-state index contributed by atoms with van der Waals surface area (Å²) in [5.41, 5.74) is 6.25. The summed E-state index contributed by atoms with van der Waals surface area (Å²) in [4.78, 5) is 39.0. The number of benzene rings is 1. The van der Waals surface area contributed by atoms with Gasteiger partial charge in [-0.05, 0) is 34.1 Å². The first-order chi connectivity index (χ1) is 8.49. The summed E-state index contributed by atoms with van der Waals surface area (Å²) in [7, 11) is 0. The standard InChI is InChI=1S/C11H9BrN2O4/c12-7-5-6(1-2-8(7)13)11(17)18-14-9(15)3-4-10(14)16/h1-2,5H,3-4,13H2. The van der Waals surface area contributed by atoms with Crippen LogP contribution in [-0.2, 0) is 14.4 Å². The summed E-state index contributed by atoms with van der Waals surface area (Å²) >= 11 is 3.17. The Kier molecular flexibility index (Phi) is 3.33. The lowest BCUT2D eigenvalue weighted by Gasteiger charge is -2.12. The minimum atomic E-state index is -0.778. The number of carbonyl (C=O) groups excluding carboxylic acids is 3. The molecule has 7 heteroatoms. The lowest BCUT2D eigenvalue weighted by atomic mass is 10.2. The van der Waals surface area contributed by atoms with Crippen LogP contribution in [0.25, 0.3) is 0 Å². The van der Waals surface area contributed by atoms with Crippen LogP contribution in [0.1, 0.15) is 23.2 Å². The Hall–Kier alpha value is -1.89. The zero-order valence-corrected chi connectivity index (χ0v) is 10.8. The number of hydrogen-bond acceptors (Lipinski definition) is 5. The van der Waals surface area contributed by atoms with Crippen molar-refractivity contribution in [3.05, 3.63) is 28.2 Å². The van der Waals surface area contributed by atoms with Gasteiger partial charge in [0.15, 0.2) is 0 Å². The highest BCUT2D eigenvalue weighted by Gasteiger charge is 2.33. The number of nitrogen functional groups attached to an aromatic ring is 1. The molecule has 94 valence electrons. The van der Waals surface area contributed by atoms with Gasteiger partial charge in [-0.1, -0.05) is 0 Å². The van der Waals surface area contributed by atoms with Gasteiger partial charge in [0.25, 0.3) is 11.8 Å². The van der Waals surface area contributed by atoms with Crippen molar-refractivity contribution in [3.8, 4) is 0 Å². The van der Waals surface area contributed by atoms with E-state index < -0.39 is 17.8 Å². The predicted octanol–water partition coefficient (Wildman–Crippen LogP) is 1.25. The predicted molar refractivity (Wildman–Crippen MR) is 65.1 cm³/mol. The summed E-state index contributed by atoms with van der Waals surface area (Å²) in [6.45, 7) is 0. The van der Waals surface area contributed by atoms with Crippen molar-refractivity contribution in [2.24, 2.45) is 0 Å². The first kappa shape index (κ1) is 12.6. The van der Waals surface area contributed by atoms with Crippen LogP contribution in [0.2, 0.25) is 0 Å². The van der Waals surface area contributed by atoms with Gasteiger partial charge in [0.05, 0.1) is 5.56 Å².